The highest BCUT2D eigenvalue weighted by molar-refractivity contribution is 6.18. The first kappa shape index (κ1) is 25.3. The smallest absolute Gasteiger partial charge is 0.311 e. The molecule has 1 heterocycles. The maximum atomic E-state index is 12.8. The summed E-state index contributed by atoms with van der Waals surface area (Å²) in [4.78, 5) is 25.3. The SMILES string of the molecule is CC1CC(C)(O)C(O)C(C)C(O)C(C)C(=O)OC(CCl)C(C)C(O)C(C)C1=O. The van der Waals surface area contributed by atoms with Gasteiger partial charge in [-0.1, -0.05) is 27.7 Å². The van der Waals surface area contributed by atoms with Gasteiger partial charge in [-0.3, -0.25) is 9.59 Å². The highest BCUT2D eigenvalue weighted by Crippen LogP contribution is 2.32. The highest BCUT2D eigenvalue weighted by Gasteiger charge is 2.44. The van der Waals surface area contributed by atoms with Gasteiger partial charge in [0.05, 0.1) is 35.7 Å². The molecule has 0 saturated carbocycles. The normalized spacial score (nSPS) is 47.3. The van der Waals surface area contributed by atoms with Crippen LogP contribution < -0.4 is 0 Å². The van der Waals surface area contributed by atoms with E-state index in [1.165, 1.54) is 20.8 Å². The Bertz CT molecular complexity index is 553. The van der Waals surface area contributed by atoms with Crippen molar-refractivity contribution < 1.29 is 34.8 Å². The van der Waals surface area contributed by atoms with E-state index in [1.54, 1.807) is 20.8 Å². The van der Waals surface area contributed by atoms with Crippen LogP contribution in [0, 0.1) is 29.6 Å². The van der Waals surface area contributed by atoms with Crippen LogP contribution in [0.1, 0.15) is 48.0 Å². The number of esters is 1. The van der Waals surface area contributed by atoms with Crippen LogP contribution in [0.3, 0.4) is 0 Å². The van der Waals surface area contributed by atoms with Crippen molar-refractivity contribution in [3.63, 3.8) is 0 Å². The van der Waals surface area contributed by atoms with E-state index in [-0.39, 0.29) is 18.1 Å². The number of rotatable bonds is 1. The number of hydrogen-bond donors (Lipinski definition) is 4. The van der Waals surface area contributed by atoms with E-state index in [9.17, 15) is 30.0 Å². The van der Waals surface area contributed by atoms with E-state index in [0.717, 1.165) is 0 Å². The number of cyclic esters (lactones) is 1. The minimum atomic E-state index is -1.67. The van der Waals surface area contributed by atoms with E-state index in [0.29, 0.717) is 0 Å². The van der Waals surface area contributed by atoms with Gasteiger partial charge in [0.1, 0.15) is 11.9 Å². The molecule has 28 heavy (non-hydrogen) atoms. The van der Waals surface area contributed by atoms with Gasteiger partial charge in [0.2, 0.25) is 0 Å². The third-order valence-corrected chi connectivity index (χ3v) is 6.57. The van der Waals surface area contributed by atoms with E-state index >= 15 is 0 Å². The molecule has 0 spiro atoms. The Balaban J connectivity index is 3.32. The number of aliphatic hydroxyl groups excluding tert-OH is 3. The Morgan fingerprint density at radius 3 is 2.00 bits per heavy atom. The minimum absolute atomic E-state index is 0.0484. The van der Waals surface area contributed by atoms with Crippen molar-refractivity contribution in [3.8, 4) is 0 Å². The lowest BCUT2D eigenvalue weighted by molar-refractivity contribution is -0.169. The monoisotopic (exact) mass is 422 g/mol. The third-order valence-electron chi connectivity index (χ3n) is 6.27. The number of ketones is 1. The first-order chi connectivity index (χ1) is 12.8. The fraction of sp³-hybridized carbons (Fsp3) is 0.900. The standard InChI is InChI=1S/C20H35ClO7/c1-9-7-20(6,27)18(25)12(4)17(24)13(5)19(26)28-14(8-21)10(2)16(23)11(3)15(9)22/h9-14,16-18,23-25,27H,7-8H2,1-6H3. The van der Waals surface area contributed by atoms with Crippen molar-refractivity contribution in [3.05, 3.63) is 0 Å². The molecule has 0 aromatic carbocycles. The van der Waals surface area contributed by atoms with Crippen LogP contribution in [0.15, 0.2) is 0 Å². The average molecular weight is 423 g/mol. The first-order valence-electron chi connectivity index (χ1n) is 9.83. The second-order valence-electron chi connectivity index (χ2n) is 8.72. The molecule has 1 aliphatic rings. The average Bonchev–Trinajstić information content (AvgIpc) is 2.65. The molecule has 7 nitrogen and oxygen atoms in total. The molecule has 1 saturated heterocycles. The summed E-state index contributed by atoms with van der Waals surface area (Å²) in [6.07, 6.45) is -4.65. The van der Waals surface area contributed by atoms with Crippen LogP contribution in [-0.4, -0.2) is 68.1 Å². The van der Waals surface area contributed by atoms with Gasteiger partial charge in [-0.25, -0.2) is 0 Å². The summed E-state index contributed by atoms with van der Waals surface area (Å²) >= 11 is 5.93. The van der Waals surface area contributed by atoms with Gasteiger partial charge in [0.15, 0.2) is 0 Å². The van der Waals surface area contributed by atoms with Crippen LogP contribution in [0.2, 0.25) is 0 Å². The molecule has 1 rings (SSSR count). The van der Waals surface area contributed by atoms with Crippen molar-refractivity contribution in [1.29, 1.82) is 0 Å². The predicted octanol–water partition coefficient (Wildman–Crippen LogP) is 1.12. The highest BCUT2D eigenvalue weighted by atomic mass is 35.5. The van der Waals surface area contributed by atoms with Gasteiger partial charge in [-0.2, -0.15) is 0 Å². The van der Waals surface area contributed by atoms with Crippen LogP contribution >= 0.6 is 11.6 Å². The molecule has 10 unspecified atom stereocenters. The van der Waals surface area contributed by atoms with Crippen LogP contribution in [0.4, 0.5) is 0 Å². The molecule has 0 aromatic rings. The number of alkyl halides is 1. The molecule has 0 aromatic heterocycles. The molecule has 4 N–H and O–H groups in total. The number of ether oxygens (including phenoxy) is 1. The molecular weight excluding hydrogens is 388 g/mol. The van der Waals surface area contributed by atoms with Crippen molar-refractivity contribution in [2.45, 2.75) is 78.0 Å². The van der Waals surface area contributed by atoms with Crippen LogP contribution in [-0.2, 0) is 14.3 Å². The summed E-state index contributed by atoms with van der Waals surface area (Å²) in [7, 11) is 0. The first-order valence-corrected chi connectivity index (χ1v) is 10.4. The molecule has 1 fully saturated rings. The molecule has 164 valence electrons. The van der Waals surface area contributed by atoms with Crippen molar-refractivity contribution >= 4 is 23.4 Å². The number of carbonyl (C=O) groups is 2. The van der Waals surface area contributed by atoms with E-state index in [2.05, 4.69) is 0 Å². The molecular formula is C20H35ClO7. The van der Waals surface area contributed by atoms with Crippen molar-refractivity contribution in [2.24, 2.45) is 29.6 Å². The summed E-state index contributed by atoms with van der Waals surface area (Å²) in [5.41, 5.74) is -1.67. The Labute approximate surface area is 172 Å². The fourth-order valence-corrected chi connectivity index (χ4v) is 4.36. The molecule has 0 bridgehead atoms. The number of aliphatic hydroxyl groups is 4. The van der Waals surface area contributed by atoms with Gasteiger partial charge in [-0.05, 0) is 20.3 Å². The molecule has 8 heteroatoms. The van der Waals surface area contributed by atoms with Gasteiger partial charge in [0, 0.05) is 23.7 Å². The lowest BCUT2D eigenvalue weighted by atomic mass is 9.75. The van der Waals surface area contributed by atoms with Gasteiger partial charge in [0.25, 0.3) is 0 Å². The number of Topliss-reactive ketones (excluding diaryl/α,β-unsaturated/α-hetero) is 1. The summed E-state index contributed by atoms with van der Waals surface area (Å²) < 4.78 is 5.41. The van der Waals surface area contributed by atoms with Crippen LogP contribution in [0.5, 0.6) is 0 Å². The minimum Gasteiger partial charge on any atom is -0.460 e. The van der Waals surface area contributed by atoms with Crippen molar-refractivity contribution in [2.75, 3.05) is 5.88 Å². The van der Waals surface area contributed by atoms with Gasteiger partial charge < -0.3 is 25.2 Å². The lowest BCUT2D eigenvalue weighted by Crippen LogP contribution is -2.51. The Kier molecular flexibility index (Phi) is 8.90. The Hall–Kier alpha value is -0.730. The van der Waals surface area contributed by atoms with Crippen LogP contribution in [0.25, 0.3) is 0 Å². The molecule has 0 amide bonds. The zero-order valence-electron chi connectivity index (χ0n) is 17.5. The summed E-state index contributed by atoms with van der Waals surface area (Å²) in [5.74, 6) is -4.91. The molecule has 10 atom stereocenters. The quantitative estimate of drug-likeness (QED) is 0.368. The van der Waals surface area contributed by atoms with Crippen molar-refractivity contribution in [1.82, 2.24) is 0 Å². The Morgan fingerprint density at radius 1 is 1.00 bits per heavy atom. The number of hydrogen-bond acceptors (Lipinski definition) is 7. The number of carbonyl (C=O) groups excluding carboxylic acids is 2. The molecule has 1 aliphatic heterocycles. The van der Waals surface area contributed by atoms with E-state index in [1.807, 2.05) is 0 Å². The number of halogens is 1. The van der Waals surface area contributed by atoms with Gasteiger partial charge in [-0.15, -0.1) is 11.6 Å². The largest absolute Gasteiger partial charge is 0.460 e. The van der Waals surface area contributed by atoms with Gasteiger partial charge >= 0.3 is 5.97 Å². The third kappa shape index (κ3) is 5.45. The topological polar surface area (TPSA) is 124 Å². The predicted molar refractivity (Wildman–Crippen MR) is 105 cm³/mol. The Morgan fingerprint density at radius 2 is 1.50 bits per heavy atom. The second kappa shape index (κ2) is 9.85. The molecule has 0 radical (unpaired) electrons. The zero-order chi connectivity index (χ0) is 22.0. The molecule has 0 aliphatic carbocycles. The fourth-order valence-electron chi connectivity index (χ4n) is 4.02. The second-order valence-corrected chi connectivity index (χ2v) is 9.02. The maximum absolute atomic E-state index is 12.8. The maximum Gasteiger partial charge on any atom is 0.311 e. The van der Waals surface area contributed by atoms with E-state index < -0.39 is 65.6 Å². The summed E-state index contributed by atoms with van der Waals surface area (Å²) in [6, 6.07) is 0. The van der Waals surface area contributed by atoms with E-state index in [4.69, 9.17) is 16.3 Å². The zero-order valence-corrected chi connectivity index (χ0v) is 18.3. The summed E-state index contributed by atoms with van der Waals surface area (Å²) in [6.45, 7) is 9.25. The lowest BCUT2D eigenvalue weighted by Gasteiger charge is -2.39. The summed E-state index contributed by atoms with van der Waals surface area (Å²) in [5, 5.41) is 42.6.